The third-order valence-corrected chi connectivity index (χ3v) is 7.71. The smallest absolute Gasteiger partial charge is 0.323 e. The molecule has 2 aliphatic heterocycles. The van der Waals surface area contributed by atoms with Gasteiger partial charge in [0.25, 0.3) is 0 Å². The summed E-state index contributed by atoms with van der Waals surface area (Å²) < 4.78 is 26.2. The Balaban J connectivity index is 1.80. The normalized spacial score (nSPS) is 21.2. The average molecular weight is 475 g/mol. The van der Waals surface area contributed by atoms with Crippen LogP contribution in [0.3, 0.4) is 0 Å². The van der Waals surface area contributed by atoms with Crippen molar-refractivity contribution in [3.8, 4) is 0 Å². The van der Waals surface area contributed by atoms with E-state index < -0.39 is 28.0 Å². The maximum Gasteiger partial charge on any atom is 0.323 e. The van der Waals surface area contributed by atoms with E-state index in [1.54, 1.807) is 4.90 Å². The molecule has 184 valence electrons. The lowest BCUT2D eigenvalue weighted by Crippen LogP contribution is -2.51. The molecule has 2 saturated heterocycles. The lowest BCUT2D eigenvalue weighted by molar-refractivity contribution is -0.139. The summed E-state index contributed by atoms with van der Waals surface area (Å²) >= 11 is 0. The number of carboxylic acids is 1. The number of sulfonamides is 1. The molecule has 0 aromatic heterocycles. The van der Waals surface area contributed by atoms with Gasteiger partial charge in [-0.2, -0.15) is 4.72 Å². The van der Waals surface area contributed by atoms with Gasteiger partial charge in [0.1, 0.15) is 6.04 Å². The minimum absolute atomic E-state index is 0.0631. The van der Waals surface area contributed by atoms with E-state index >= 15 is 0 Å². The van der Waals surface area contributed by atoms with Crippen molar-refractivity contribution in [1.82, 2.24) is 20.3 Å². The van der Waals surface area contributed by atoms with E-state index in [0.717, 1.165) is 32.4 Å². The molecule has 2 rings (SSSR count). The second-order valence-electron chi connectivity index (χ2n) is 8.84. The number of rotatable bonds is 12. The van der Waals surface area contributed by atoms with E-state index in [4.69, 9.17) is 0 Å². The number of hydrogen-bond donors (Lipinski definition) is 4. The van der Waals surface area contributed by atoms with E-state index in [-0.39, 0.29) is 24.1 Å². The van der Waals surface area contributed by atoms with Crippen molar-refractivity contribution in [3.05, 3.63) is 0 Å². The highest BCUT2D eigenvalue weighted by Gasteiger charge is 2.30. The largest absolute Gasteiger partial charge is 0.480 e. The highest BCUT2D eigenvalue weighted by Crippen LogP contribution is 2.21. The minimum Gasteiger partial charge on any atom is -0.480 e. The van der Waals surface area contributed by atoms with Crippen LogP contribution in [0, 0.1) is 11.8 Å². The van der Waals surface area contributed by atoms with Crippen molar-refractivity contribution in [3.63, 3.8) is 0 Å². The zero-order valence-electron chi connectivity index (χ0n) is 19.0. The van der Waals surface area contributed by atoms with Crippen molar-refractivity contribution in [2.75, 3.05) is 38.5 Å². The van der Waals surface area contributed by atoms with Crippen LogP contribution in [-0.2, 0) is 24.4 Å². The van der Waals surface area contributed by atoms with Crippen molar-refractivity contribution >= 4 is 27.8 Å². The Morgan fingerprint density at radius 3 is 2.56 bits per heavy atom. The molecular formula is C21H38N4O6S. The Kier molecular flexibility index (Phi) is 10.9. The van der Waals surface area contributed by atoms with Gasteiger partial charge in [-0.25, -0.2) is 8.42 Å². The number of piperidine rings is 2. The van der Waals surface area contributed by atoms with Crippen LogP contribution < -0.4 is 15.4 Å². The topological polar surface area (TPSA) is 145 Å². The van der Waals surface area contributed by atoms with E-state index in [0.29, 0.717) is 51.1 Å². The fourth-order valence-electron chi connectivity index (χ4n) is 4.21. The van der Waals surface area contributed by atoms with Crippen LogP contribution in [0.1, 0.15) is 58.3 Å². The zero-order valence-corrected chi connectivity index (χ0v) is 19.8. The lowest BCUT2D eigenvalue weighted by atomic mass is 9.92. The first-order valence-corrected chi connectivity index (χ1v) is 13.4. The summed E-state index contributed by atoms with van der Waals surface area (Å²) in [6.07, 6.45) is 5.96. The summed E-state index contributed by atoms with van der Waals surface area (Å²) in [4.78, 5) is 38.4. The van der Waals surface area contributed by atoms with Gasteiger partial charge in [-0.1, -0.05) is 13.3 Å². The van der Waals surface area contributed by atoms with Gasteiger partial charge in [-0.3, -0.25) is 14.4 Å². The number of aliphatic carboxylic acids is 1. The number of likely N-dealkylation sites (tertiary alicyclic amines) is 1. The molecule has 32 heavy (non-hydrogen) atoms. The molecule has 11 heteroatoms. The van der Waals surface area contributed by atoms with E-state index in [9.17, 15) is 27.9 Å². The van der Waals surface area contributed by atoms with Crippen molar-refractivity contribution in [1.29, 1.82) is 0 Å². The Bertz CT molecular complexity index is 739. The molecule has 2 amide bonds. The average Bonchev–Trinajstić information content (AvgIpc) is 2.79. The van der Waals surface area contributed by atoms with Crippen LogP contribution in [0.2, 0.25) is 0 Å². The van der Waals surface area contributed by atoms with Gasteiger partial charge in [0, 0.05) is 26.1 Å². The molecule has 2 atom stereocenters. The quantitative estimate of drug-likeness (QED) is 0.318. The van der Waals surface area contributed by atoms with E-state index in [2.05, 4.69) is 15.4 Å². The van der Waals surface area contributed by atoms with Crippen molar-refractivity contribution < 1.29 is 27.9 Å². The highest BCUT2D eigenvalue weighted by atomic mass is 32.2. The van der Waals surface area contributed by atoms with Crippen molar-refractivity contribution in [2.24, 2.45) is 11.8 Å². The van der Waals surface area contributed by atoms with E-state index in [1.165, 1.54) is 0 Å². The van der Waals surface area contributed by atoms with Crippen LogP contribution >= 0.6 is 0 Å². The number of hydrogen-bond acceptors (Lipinski definition) is 6. The first-order chi connectivity index (χ1) is 15.2. The van der Waals surface area contributed by atoms with Gasteiger partial charge >= 0.3 is 5.97 Å². The Morgan fingerprint density at radius 1 is 1.19 bits per heavy atom. The molecule has 2 heterocycles. The number of carboxylic acid groups (broad SMARTS) is 1. The van der Waals surface area contributed by atoms with Crippen molar-refractivity contribution in [2.45, 2.75) is 64.3 Å². The Morgan fingerprint density at radius 2 is 1.91 bits per heavy atom. The number of nitrogens with one attached hydrogen (secondary N) is 3. The third-order valence-electron chi connectivity index (χ3n) is 6.24. The number of nitrogens with zero attached hydrogens (tertiary/aromatic N) is 1. The SMILES string of the molecule is CCCCS(=O)(=O)NC(CNC(=O)[C@@H]1CCCN(C(=O)CCC2CCNCC2)C1)C(=O)O. The molecule has 0 saturated carbocycles. The predicted molar refractivity (Wildman–Crippen MR) is 120 cm³/mol. The van der Waals surface area contributed by atoms with Gasteiger partial charge in [0.05, 0.1) is 11.7 Å². The maximum atomic E-state index is 12.6. The summed E-state index contributed by atoms with van der Waals surface area (Å²) in [6, 6.07) is -1.42. The Labute approximate surface area is 190 Å². The summed E-state index contributed by atoms with van der Waals surface area (Å²) in [6.45, 7) is 4.45. The molecule has 1 unspecified atom stereocenters. The molecule has 0 spiro atoms. The molecule has 4 N–H and O–H groups in total. The standard InChI is InChI=1S/C21H38N4O6S/c1-2-3-13-32(30,31)24-18(21(28)29)14-23-20(27)17-5-4-12-25(15-17)19(26)7-6-16-8-10-22-11-9-16/h16-18,22,24H,2-15H2,1H3,(H,23,27)(H,28,29)/t17-,18?/m1/s1. The molecular weight excluding hydrogens is 436 g/mol. The molecule has 2 aliphatic rings. The fraction of sp³-hybridized carbons (Fsp3) is 0.857. The second-order valence-corrected chi connectivity index (χ2v) is 10.7. The minimum atomic E-state index is -3.74. The van der Waals surface area contributed by atoms with Crippen LogP contribution in [0.4, 0.5) is 0 Å². The summed E-state index contributed by atoms with van der Waals surface area (Å²) in [5.74, 6) is -1.63. The number of amides is 2. The summed E-state index contributed by atoms with van der Waals surface area (Å²) in [5.41, 5.74) is 0. The van der Waals surface area contributed by atoms with Gasteiger partial charge in [-0.05, 0) is 57.5 Å². The third kappa shape index (κ3) is 9.03. The van der Waals surface area contributed by atoms with Crippen LogP contribution in [0.25, 0.3) is 0 Å². The molecule has 2 fully saturated rings. The molecule has 0 radical (unpaired) electrons. The highest BCUT2D eigenvalue weighted by molar-refractivity contribution is 7.89. The summed E-state index contributed by atoms with van der Waals surface area (Å²) in [5, 5.41) is 15.2. The van der Waals surface area contributed by atoms with Gasteiger partial charge < -0.3 is 20.6 Å². The first kappa shape index (κ1) is 26.5. The monoisotopic (exact) mass is 474 g/mol. The number of carbonyl (C=O) groups is 3. The lowest BCUT2D eigenvalue weighted by Gasteiger charge is -2.33. The van der Waals surface area contributed by atoms with E-state index in [1.807, 2.05) is 6.92 Å². The van der Waals surface area contributed by atoms with Gasteiger partial charge in [0.15, 0.2) is 0 Å². The molecule has 10 nitrogen and oxygen atoms in total. The maximum absolute atomic E-state index is 12.6. The molecule has 0 aromatic rings. The molecule has 0 aromatic carbocycles. The zero-order chi connectivity index (χ0) is 23.6. The second kappa shape index (κ2) is 13.1. The predicted octanol–water partition coefficient (Wildman–Crippen LogP) is 0.294. The van der Waals surface area contributed by atoms with Crippen LogP contribution in [-0.4, -0.2) is 80.7 Å². The number of unbranched alkanes of at least 4 members (excludes halogenated alkanes) is 1. The van der Waals surface area contributed by atoms with Gasteiger partial charge in [-0.15, -0.1) is 0 Å². The number of carbonyl (C=O) groups excluding carboxylic acids is 2. The van der Waals surface area contributed by atoms with Crippen LogP contribution in [0.5, 0.6) is 0 Å². The molecule has 0 bridgehead atoms. The first-order valence-electron chi connectivity index (χ1n) is 11.7. The summed E-state index contributed by atoms with van der Waals surface area (Å²) in [7, 11) is -3.74. The fourth-order valence-corrected chi connectivity index (χ4v) is 5.61. The van der Waals surface area contributed by atoms with Gasteiger partial charge in [0.2, 0.25) is 21.8 Å². The Hall–Kier alpha value is -1.72. The molecule has 0 aliphatic carbocycles. The van der Waals surface area contributed by atoms with Crippen LogP contribution in [0.15, 0.2) is 0 Å².